The Labute approximate surface area is 185 Å². The lowest BCUT2D eigenvalue weighted by Crippen LogP contribution is -2.22. The van der Waals surface area contributed by atoms with Gasteiger partial charge in [-0.05, 0) is 37.1 Å². The molecule has 0 fully saturated rings. The van der Waals surface area contributed by atoms with Crippen LogP contribution in [0.3, 0.4) is 0 Å². The van der Waals surface area contributed by atoms with E-state index in [4.69, 9.17) is 27.9 Å². The third-order valence-corrected chi connectivity index (χ3v) is 8.09. The number of hydrogen-bond donors (Lipinski definition) is 0. The van der Waals surface area contributed by atoms with Crippen molar-refractivity contribution in [2.24, 2.45) is 0 Å². The summed E-state index contributed by atoms with van der Waals surface area (Å²) in [6.07, 6.45) is 0. The fourth-order valence-electron chi connectivity index (χ4n) is 3.36. The molecule has 0 spiro atoms. The molecule has 0 aliphatic heterocycles. The molecule has 30 heavy (non-hydrogen) atoms. The molecule has 0 aliphatic carbocycles. The SMILES string of the molecule is COc1c(Cl)ccc(Cl)c1C(=O)P(=O)(C(=O)c1c(C)cccc1C)c1ccccc1. The number of hydrogen-bond acceptors (Lipinski definition) is 4. The van der Waals surface area contributed by atoms with Crippen molar-refractivity contribution in [2.45, 2.75) is 13.8 Å². The summed E-state index contributed by atoms with van der Waals surface area (Å²) in [4.78, 5) is 27.5. The van der Waals surface area contributed by atoms with Gasteiger partial charge in [-0.3, -0.25) is 9.59 Å². The topological polar surface area (TPSA) is 60.4 Å². The molecular weight excluding hydrogens is 442 g/mol. The average molecular weight is 461 g/mol. The highest BCUT2D eigenvalue weighted by molar-refractivity contribution is 8.01. The molecule has 0 saturated heterocycles. The van der Waals surface area contributed by atoms with Crippen molar-refractivity contribution in [3.05, 3.63) is 93.0 Å². The van der Waals surface area contributed by atoms with Crippen molar-refractivity contribution in [3.63, 3.8) is 0 Å². The van der Waals surface area contributed by atoms with Gasteiger partial charge in [0.25, 0.3) is 0 Å². The summed E-state index contributed by atoms with van der Waals surface area (Å²) in [5.74, 6) is -0.0142. The molecule has 0 saturated carbocycles. The molecular formula is C23H19Cl2O4P. The van der Waals surface area contributed by atoms with Crippen LogP contribution in [0.5, 0.6) is 5.75 Å². The van der Waals surface area contributed by atoms with E-state index < -0.39 is 18.2 Å². The molecule has 0 heterocycles. The Morgan fingerprint density at radius 3 is 1.87 bits per heavy atom. The van der Waals surface area contributed by atoms with Crippen molar-refractivity contribution >= 4 is 46.7 Å². The van der Waals surface area contributed by atoms with Crippen LogP contribution in [-0.4, -0.2) is 18.2 Å². The number of rotatable bonds is 6. The van der Waals surface area contributed by atoms with E-state index in [9.17, 15) is 14.2 Å². The molecule has 154 valence electrons. The minimum absolute atomic E-state index is 0.00621. The predicted octanol–water partition coefficient (Wildman–Crippen LogP) is 6.29. The monoisotopic (exact) mass is 460 g/mol. The Bertz CT molecular complexity index is 1170. The third kappa shape index (κ3) is 3.72. The summed E-state index contributed by atoms with van der Waals surface area (Å²) < 4.78 is 19.7. The molecule has 0 bridgehead atoms. The second kappa shape index (κ2) is 8.77. The number of aryl methyl sites for hydroxylation is 2. The van der Waals surface area contributed by atoms with E-state index in [2.05, 4.69) is 0 Å². The number of halogens is 2. The predicted molar refractivity (Wildman–Crippen MR) is 121 cm³/mol. The lowest BCUT2D eigenvalue weighted by Gasteiger charge is -2.20. The zero-order valence-corrected chi connectivity index (χ0v) is 19.0. The van der Waals surface area contributed by atoms with Crippen LogP contribution < -0.4 is 10.0 Å². The van der Waals surface area contributed by atoms with Crippen LogP contribution in [0.4, 0.5) is 0 Å². The van der Waals surface area contributed by atoms with Crippen LogP contribution in [0.1, 0.15) is 31.8 Å². The van der Waals surface area contributed by atoms with E-state index in [-0.39, 0.29) is 32.2 Å². The van der Waals surface area contributed by atoms with Gasteiger partial charge in [-0.1, -0.05) is 71.7 Å². The van der Waals surface area contributed by atoms with Gasteiger partial charge in [-0.15, -0.1) is 0 Å². The van der Waals surface area contributed by atoms with Gasteiger partial charge in [0.2, 0.25) is 18.2 Å². The lowest BCUT2D eigenvalue weighted by atomic mass is 10.0. The van der Waals surface area contributed by atoms with Crippen molar-refractivity contribution < 1.29 is 18.9 Å². The van der Waals surface area contributed by atoms with E-state index in [0.717, 1.165) is 0 Å². The Morgan fingerprint density at radius 1 is 0.767 bits per heavy atom. The molecule has 0 radical (unpaired) electrons. The summed E-state index contributed by atoms with van der Waals surface area (Å²) >= 11 is 12.5. The van der Waals surface area contributed by atoms with Crippen LogP contribution >= 0.6 is 30.3 Å². The van der Waals surface area contributed by atoms with Gasteiger partial charge < -0.3 is 9.30 Å². The largest absolute Gasteiger partial charge is 0.494 e. The first-order valence-electron chi connectivity index (χ1n) is 9.07. The maximum Gasteiger partial charge on any atom is 0.248 e. The van der Waals surface area contributed by atoms with E-state index >= 15 is 0 Å². The highest BCUT2D eigenvalue weighted by Crippen LogP contribution is 2.54. The Morgan fingerprint density at radius 2 is 1.30 bits per heavy atom. The average Bonchev–Trinajstić information content (AvgIpc) is 2.74. The van der Waals surface area contributed by atoms with Gasteiger partial charge >= 0.3 is 0 Å². The van der Waals surface area contributed by atoms with Crippen LogP contribution in [0.25, 0.3) is 0 Å². The van der Waals surface area contributed by atoms with Gasteiger partial charge in [-0.2, -0.15) is 0 Å². The first-order chi connectivity index (χ1) is 14.2. The summed E-state index contributed by atoms with van der Waals surface area (Å²) in [6, 6.07) is 16.2. The molecule has 0 aliphatic rings. The third-order valence-electron chi connectivity index (χ3n) is 4.86. The summed E-state index contributed by atoms with van der Waals surface area (Å²) in [6.45, 7) is 3.49. The molecule has 3 aromatic rings. The normalized spacial score (nSPS) is 12.8. The molecule has 3 aromatic carbocycles. The van der Waals surface area contributed by atoms with Crippen molar-refractivity contribution in [1.82, 2.24) is 0 Å². The highest BCUT2D eigenvalue weighted by atomic mass is 35.5. The van der Waals surface area contributed by atoms with Gasteiger partial charge in [-0.25, -0.2) is 0 Å². The van der Waals surface area contributed by atoms with E-state index in [0.29, 0.717) is 11.1 Å². The minimum Gasteiger partial charge on any atom is -0.494 e. The summed E-state index contributed by atoms with van der Waals surface area (Å²) in [5, 5.41) is 0.261. The molecule has 1 atom stereocenters. The van der Waals surface area contributed by atoms with Gasteiger partial charge in [0, 0.05) is 10.9 Å². The Balaban J connectivity index is 2.34. The van der Waals surface area contributed by atoms with E-state index in [1.165, 1.54) is 31.4 Å². The van der Waals surface area contributed by atoms with Crippen molar-refractivity contribution in [1.29, 1.82) is 0 Å². The van der Waals surface area contributed by atoms with Gasteiger partial charge in [0.1, 0.15) is 5.75 Å². The Kier molecular flexibility index (Phi) is 6.52. The van der Waals surface area contributed by atoms with E-state index in [1.807, 2.05) is 0 Å². The van der Waals surface area contributed by atoms with Crippen LogP contribution in [0.15, 0.2) is 60.7 Å². The molecule has 0 amide bonds. The van der Waals surface area contributed by atoms with Crippen LogP contribution in [0, 0.1) is 13.8 Å². The molecule has 3 rings (SSSR count). The van der Waals surface area contributed by atoms with Gasteiger partial charge in [0.15, 0.2) is 0 Å². The Hall–Kier alpha value is -2.39. The number of methoxy groups -OCH3 is 1. The molecule has 7 heteroatoms. The molecule has 1 unspecified atom stereocenters. The number of benzene rings is 3. The second-order valence-electron chi connectivity index (χ2n) is 6.76. The first-order valence-corrected chi connectivity index (χ1v) is 11.5. The fraction of sp³-hybridized carbons (Fsp3) is 0.130. The maximum atomic E-state index is 14.4. The zero-order valence-electron chi connectivity index (χ0n) is 16.6. The summed E-state index contributed by atoms with van der Waals surface area (Å²) in [7, 11) is -3.01. The quantitative estimate of drug-likeness (QED) is 0.405. The van der Waals surface area contributed by atoms with Crippen molar-refractivity contribution in [2.75, 3.05) is 7.11 Å². The molecule has 4 nitrogen and oxygen atoms in total. The second-order valence-corrected chi connectivity index (χ2v) is 10.1. The van der Waals surface area contributed by atoms with Gasteiger partial charge in [0.05, 0.1) is 22.7 Å². The molecule has 0 aromatic heterocycles. The minimum atomic E-state index is -4.34. The molecule has 0 N–H and O–H groups in total. The van der Waals surface area contributed by atoms with E-state index in [1.54, 1.807) is 50.2 Å². The zero-order chi connectivity index (χ0) is 22.1. The highest BCUT2D eigenvalue weighted by Gasteiger charge is 2.45. The fourth-order valence-corrected chi connectivity index (χ4v) is 6.35. The first kappa shape index (κ1) is 22.3. The van der Waals surface area contributed by atoms with Crippen molar-refractivity contribution in [3.8, 4) is 5.75 Å². The van der Waals surface area contributed by atoms with Crippen LogP contribution in [0.2, 0.25) is 10.0 Å². The number of carbonyl (C=O) groups is 2. The number of carbonyl (C=O) groups excluding carboxylic acids is 2. The smallest absolute Gasteiger partial charge is 0.248 e. The van der Waals surface area contributed by atoms with Crippen LogP contribution in [-0.2, 0) is 4.57 Å². The number of ether oxygens (including phenoxy) is 1. The maximum absolute atomic E-state index is 14.4. The standard InChI is InChI=1S/C23H19Cl2O4P/c1-14-8-7-9-15(2)19(14)22(26)30(28,16-10-5-4-6-11-16)23(27)20-17(24)12-13-18(25)21(20)29-3/h4-13H,1-3H3. The lowest BCUT2D eigenvalue weighted by molar-refractivity contribution is 0.103. The summed E-state index contributed by atoms with van der Waals surface area (Å²) in [5.41, 5.74) is -0.298.